The van der Waals surface area contributed by atoms with E-state index in [1.54, 1.807) is 18.2 Å². The number of hydroxylamine groups is 2. The Labute approximate surface area is 161 Å². The molecule has 0 bridgehead atoms. The van der Waals surface area contributed by atoms with Crippen LogP contribution in [0.5, 0.6) is 0 Å². The lowest BCUT2D eigenvalue weighted by molar-refractivity contribution is -0.0149. The average Bonchev–Trinajstić information content (AvgIpc) is 2.68. The first-order chi connectivity index (χ1) is 13.3. The van der Waals surface area contributed by atoms with Crippen LogP contribution in [0.4, 0.5) is 0 Å². The van der Waals surface area contributed by atoms with Crippen LogP contribution in [0.1, 0.15) is 31.8 Å². The predicted octanol–water partition coefficient (Wildman–Crippen LogP) is 2.73. The van der Waals surface area contributed by atoms with E-state index in [4.69, 9.17) is 0 Å². The third kappa shape index (κ3) is 3.16. The molecule has 3 aromatic carbocycles. The first-order valence-corrected chi connectivity index (χ1v) is 10.1. The number of benzene rings is 3. The van der Waals surface area contributed by atoms with E-state index in [0.29, 0.717) is 16.3 Å². The van der Waals surface area contributed by atoms with E-state index in [0.717, 1.165) is 11.8 Å². The summed E-state index contributed by atoms with van der Waals surface area (Å²) in [5, 5.41) is 1.35. The van der Waals surface area contributed by atoms with Crippen LogP contribution in [0.15, 0.2) is 60.7 Å². The Kier molecular flexibility index (Phi) is 4.23. The van der Waals surface area contributed by atoms with Crippen molar-refractivity contribution in [3.05, 3.63) is 82.9 Å². The van der Waals surface area contributed by atoms with Crippen molar-refractivity contribution < 1.29 is 22.3 Å². The van der Waals surface area contributed by atoms with E-state index in [2.05, 4.69) is 16.1 Å². The lowest BCUT2D eigenvalue weighted by Crippen LogP contribution is -2.41. The molecule has 4 rings (SSSR count). The predicted molar refractivity (Wildman–Crippen MR) is 103 cm³/mol. The second kappa shape index (κ2) is 6.60. The van der Waals surface area contributed by atoms with Crippen molar-refractivity contribution in [3.63, 3.8) is 0 Å². The zero-order chi connectivity index (χ0) is 19.9. The van der Waals surface area contributed by atoms with Crippen LogP contribution in [-0.4, -0.2) is 31.6 Å². The SMILES string of the molecule is CS(=O)(=O)ON1C(=O)c2cccc3c(C#Cc4ccccc4)ccc(c23)C1=O. The van der Waals surface area contributed by atoms with E-state index < -0.39 is 21.9 Å². The molecule has 1 heterocycles. The van der Waals surface area contributed by atoms with Crippen LogP contribution in [0.25, 0.3) is 10.8 Å². The summed E-state index contributed by atoms with van der Waals surface area (Å²) >= 11 is 0. The topological polar surface area (TPSA) is 80.8 Å². The summed E-state index contributed by atoms with van der Waals surface area (Å²) in [7, 11) is -4.05. The average molecular weight is 391 g/mol. The summed E-state index contributed by atoms with van der Waals surface area (Å²) in [6, 6.07) is 17.6. The maximum Gasteiger partial charge on any atom is 0.286 e. The van der Waals surface area contributed by atoms with Gasteiger partial charge >= 0.3 is 0 Å². The molecule has 0 fully saturated rings. The third-order valence-electron chi connectivity index (χ3n) is 4.20. The van der Waals surface area contributed by atoms with Gasteiger partial charge < -0.3 is 0 Å². The van der Waals surface area contributed by atoms with Crippen molar-refractivity contribution in [2.75, 3.05) is 6.26 Å². The molecule has 0 aliphatic carbocycles. The lowest BCUT2D eigenvalue weighted by Gasteiger charge is -2.25. The molecule has 0 atom stereocenters. The lowest BCUT2D eigenvalue weighted by atomic mass is 9.92. The smallest absolute Gasteiger partial charge is 0.266 e. The molecule has 7 heteroatoms. The van der Waals surface area contributed by atoms with E-state index in [1.165, 1.54) is 12.1 Å². The Morgan fingerprint density at radius 3 is 2.18 bits per heavy atom. The number of rotatable bonds is 2. The molecule has 0 spiro atoms. The number of hydrogen-bond acceptors (Lipinski definition) is 5. The molecule has 2 amide bonds. The zero-order valence-electron chi connectivity index (χ0n) is 14.7. The van der Waals surface area contributed by atoms with Crippen molar-refractivity contribution in [1.29, 1.82) is 0 Å². The van der Waals surface area contributed by atoms with E-state index in [9.17, 15) is 18.0 Å². The van der Waals surface area contributed by atoms with Crippen LogP contribution >= 0.6 is 0 Å². The second-order valence-electron chi connectivity index (χ2n) is 6.19. The highest BCUT2D eigenvalue weighted by atomic mass is 32.2. The van der Waals surface area contributed by atoms with Crippen LogP contribution in [0.2, 0.25) is 0 Å². The molecule has 3 aromatic rings. The van der Waals surface area contributed by atoms with Gasteiger partial charge in [-0.15, -0.1) is 9.35 Å². The largest absolute Gasteiger partial charge is 0.286 e. The summed E-state index contributed by atoms with van der Waals surface area (Å²) in [6.07, 6.45) is 0.770. The third-order valence-corrected chi connectivity index (χ3v) is 4.62. The molecule has 28 heavy (non-hydrogen) atoms. The highest BCUT2D eigenvalue weighted by Gasteiger charge is 2.36. The number of carbonyl (C=O) groups is 2. The fourth-order valence-corrected chi connectivity index (χ4v) is 3.45. The van der Waals surface area contributed by atoms with Crippen LogP contribution in [0.3, 0.4) is 0 Å². The van der Waals surface area contributed by atoms with E-state index in [1.807, 2.05) is 30.3 Å². The summed E-state index contributed by atoms with van der Waals surface area (Å²) in [4.78, 5) is 25.3. The molecule has 0 aromatic heterocycles. The van der Waals surface area contributed by atoms with Gasteiger partial charge in [-0.25, -0.2) is 0 Å². The number of nitrogens with zero attached hydrogens (tertiary/aromatic N) is 1. The summed E-state index contributed by atoms with van der Waals surface area (Å²) in [5.74, 6) is 4.46. The number of imide groups is 1. The molecule has 138 valence electrons. The summed E-state index contributed by atoms with van der Waals surface area (Å²) in [5.41, 5.74) is 1.85. The molecule has 0 saturated carbocycles. The van der Waals surface area contributed by atoms with Crippen molar-refractivity contribution >= 4 is 32.7 Å². The molecular weight excluding hydrogens is 378 g/mol. The Bertz CT molecular complexity index is 1280. The summed E-state index contributed by atoms with van der Waals surface area (Å²) < 4.78 is 27.5. The molecule has 0 N–H and O–H groups in total. The van der Waals surface area contributed by atoms with Crippen LogP contribution in [-0.2, 0) is 14.4 Å². The molecule has 1 aliphatic rings. The molecule has 6 nitrogen and oxygen atoms in total. The second-order valence-corrected chi connectivity index (χ2v) is 7.75. The van der Waals surface area contributed by atoms with Crippen molar-refractivity contribution in [1.82, 2.24) is 5.06 Å². The highest BCUT2D eigenvalue weighted by Crippen LogP contribution is 2.32. The van der Waals surface area contributed by atoms with Gasteiger partial charge in [0.05, 0.1) is 17.4 Å². The zero-order valence-corrected chi connectivity index (χ0v) is 15.5. The van der Waals surface area contributed by atoms with Crippen molar-refractivity contribution in [2.24, 2.45) is 0 Å². The van der Waals surface area contributed by atoms with Gasteiger partial charge in [-0.2, -0.15) is 8.42 Å². The number of carbonyl (C=O) groups excluding carboxylic acids is 2. The van der Waals surface area contributed by atoms with Gasteiger partial charge in [0, 0.05) is 16.5 Å². The van der Waals surface area contributed by atoms with Gasteiger partial charge in [0.2, 0.25) is 0 Å². The minimum absolute atomic E-state index is 0.180. The monoisotopic (exact) mass is 391 g/mol. The Hall–Kier alpha value is -3.47. The fourth-order valence-electron chi connectivity index (χ4n) is 3.05. The standard InChI is InChI=1S/C21H13NO5S/c1-28(25,26)27-22-20(23)17-9-5-8-16-15(11-10-14-6-3-2-4-7-14)12-13-18(19(16)17)21(22)24/h2-9,12-13H,1H3. The van der Waals surface area contributed by atoms with Gasteiger partial charge in [-0.05, 0) is 35.7 Å². The number of hydrogen-bond donors (Lipinski definition) is 0. The maximum absolute atomic E-state index is 12.7. The Balaban J connectivity index is 1.88. The van der Waals surface area contributed by atoms with Gasteiger partial charge in [0.1, 0.15) is 0 Å². The van der Waals surface area contributed by atoms with Gasteiger partial charge in [0.25, 0.3) is 21.9 Å². The van der Waals surface area contributed by atoms with Gasteiger partial charge in [-0.1, -0.05) is 42.2 Å². The quantitative estimate of drug-likeness (QED) is 0.496. The van der Waals surface area contributed by atoms with E-state index >= 15 is 0 Å². The molecule has 0 unspecified atom stereocenters. The first kappa shape index (κ1) is 17.9. The normalized spacial score (nSPS) is 13.4. The van der Waals surface area contributed by atoms with Crippen molar-refractivity contribution in [3.8, 4) is 11.8 Å². The van der Waals surface area contributed by atoms with Gasteiger partial charge in [-0.3, -0.25) is 9.59 Å². The minimum atomic E-state index is -4.05. The van der Waals surface area contributed by atoms with Crippen LogP contribution < -0.4 is 0 Å². The number of amides is 2. The van der Waals surface area contributed by atoms with Crippen LogP contribution in [0, 0.1) is 11.8 Å². The van der Waals surface area contributed by atoms with E-state index in [-0.39, 0.29) is 16.2 Å². The molecule has 0 radical (unpaired) electrons. The minimum Gasteiger partial charge on any atom is -0.266 e. The molecule has 0 saturated heterocycles. The van der Waals surface area contributed by atoms with Crippen molar-refractivity contribution in [2.45, 2.75) is 0 Å². The Morgan fingerprint density at radius 1 is 0.821 bits per heavy atom. The van der Waals surface area contributed by atoms with Gasteiger partial charge in [0.15, 0.2) is 0 Å². The Morgan fingerprint density at radius 2 is 1.50 bits per heavy atom. The molecular formula is C21H13NO5S. The fraction of sp³-hybridized carbons (Fsp3) is 0.0476. The summed E-state index contributed by atoms with van der Waals surface area (Å²) in [6.45, 7) is 0. The highest BCUT2D eigenvalue weighted by molar-refractivity contribution is 7.85. The first-order valence-electron chi connectivity index (χ1n) is 8.26. The maximum atomic E-state index is 12.7. The molecule has 1 aliphatic heterocycles.